The molecule has 2 aromatic rings. The molecule has 0 aromatic heterocycles. The third-order valence-electron chi connectivity index (χ3n) is 4.30. The average molecular weight is 434 g/mol. The summed E-state index contributed by atoms with van der Waals surface area (Å²) in [4.78, 5) is 24.2. The normalized spacial score (nSPS) is 11.2. The highest BCUT2D eigenvalue weighted by Crippen LogP contribution is 2.18. The van der Waals surface area contributed by atoms with E-state index in [1.807, 2.05) is 32.0 Å². The van der Waals surface area contributed by atoms with E-state index in [-0.39, 0.29) is 22.9 Å². The number of nitrogens with zero attached hydrogens (tertiary/aromatic N) is 1. The molecule has 0 saturated heterocycles. The summed E-state index contributed by atoms with van der Waals surface area (Å²) in [5.41, 5.74) is 2.32. The fraction of sp³-hybridized carbons (Fsp3) is 0.333. The van der Waals surface area contributed by atoms with E-state index in [2.05, 4.69) is 10.6 Å². The summed E-state index contributed by atoms with van der Waals surface area (Å²) >= 11 is 0. The fourth-order valence-electron chi connectivity index (χ4n) is 2.65. The quantitative estimate of drug-likeness (QED) is 0.583. The molecule has 0 aliphatic rings. The van der Waals surface area contributed by atoms with E-state index in [0.717, 1.165) is 21.2 Å². The minimum absolute atomic E-state index is 0.00755. The number of hydrogen-bond donors (Lipinski definition) is 2. The van der Waals surface area contributed by atoms with E-state index in [9.17, 15) is 18.0 Å². The maximum Gasteiger partial charge on any atom is 0.251 e. The highest BCUT2D eigenvalue weighted by Gasteiger charge is 2.18. The summed E-state index contributed by atoms with van der Waals surface area (Å²) in [5.74, 6) is -0.146. The van der Waals surface area contributed by atoms with Crippen LogP contribution in [0.2, 0.25) is 0 Å². The van der Waals surface area contributed by atoms with Crippen molar-refractivity contribution in [2.45, 2.75) is 18.7 Å². The molecule has 0 heterocycles. The molecule has 2 N–H and O–H groups in total. The lowest BCUT2D eigenvalue weighted by molar-refractivity contribution is -0.120. The Morgan fingerprint density at radius 3 is 2.43 bits per heavy atom. The maximum atomic E-state index is 12.3. The van der Waals surface area contributed by atoms with Gasteiger partial charge in [0.15, 0.2) is 0 Å². The van der Waals surface area contributed by atoms with E-state index in [0.29, 0.717) is 13.2 Å². The van der Waals surface area contributed by atoms with Crippen molar-refractivity contribution in [2.24, 2.45) is 0 Å². The van der Waals surface area contributed by atoms with Crippen LogP contribution in [0.25, 0.3) is 0 Å². The van der Waals surface area contributed by atoms with Crippen LogP contribution in [0, 0.1) is 13.8 Å². The van der Waals surface area contributed by atoms with Crippen LogP contribution in [0.5, 0.6) is 5.75 Å². The molecule has 0 bridgehead atoms. The van der Waals surface area contributed by atoms with Gasteiger partial charge in [-0.15, -0.1) is 0 Å². The number of rotatable bonds is 9. The summed E-state index contributed by atoms with van der Waals surface area (Å²) in [6.07, 6.45) is 0. The van der Waals surface area contributed by atoms with Gasteiger partial charge in [0.05, 0.1) is 18.0 Å². The summed E-state index contributed by atoms with van der Waals surface area (Å²) in [5, 5.41) is 5.14. The predicted molar refractivity (Wildman–Crippen MR) is 114 cm³/mol. The highest BCUT2D eigenvalue weighted by atomic mass is 32.2. The molecule has 0 aliphatic heterocycles. The molecule has 0 aliphatic carbocycles. The van der Waals surface area contributed by atoms with Gasteiger partial charge in [-0.2, -0.15) is 0 Å². The van der Waals surface area contributed by atoms with Gasteiger partial charge in [0, 0.05) is 19.7 Å². The van der Waals surface area contributed by atoms with Crippen molar-refractivity contribution in [1.29, 1.82) is 0 Å². The SMILES string of the molecule is Cc1ccc(OCCNC(=O)CNC(=O)c2cccc(S(=O)(=O)N(C)C)c2)c(C)c1. The summed E-state index contributed by atoms with van der Waals surface area (Å²) < 4.78 is 31.1. The molecule has 2 aromatic carbocycles. The van der Waals surface area contributed by atoms with Gasteiger partial charge in [-0.3, -0.25) is 9.59 Å². The lowest BCUT2D eigenvalue weighted by atomic mass is 10.1. The first-order valence-electron chi connectivity index (χ1n) is 9.39. The molecule has 0 radical (unpaired) electrons. The van der Waals surface area contributed by atoms with Crippen molar-refractivity contribution in [3.63, 3.8) is 0 Å². The van der Waals surface area contributed by atoms with Crippen molar-refractivity contribution in [3.8, 4) is 5.75 Å². The van der Waals surface area contributed by atoms with E-state index >= 15 is 0 Å². The standard InChI is InChI=1S/C21H27N3O5S/c1-15-8-9-19(16(2)12-15)29-11-10-22-20(25)14-23-21(26)17-6-5-7-18(13-17)30(27,28)24(3)4/h5-9,12-13H,10-11,14H2,1-4H3,(H,22,25)(H,23,26). The van der Waals surface area contributed by atoms with E-state index in [1.54, 1.807) is 0 Å². The maximum absolute atomic E-state index is 12.3. The van der Waals surface area contributed by atoms with E-state index in [1.165, 1.54) is 38.4 Å². The molecule has 0 unspecified atom stereocenters. The second kappa shape index (κ2) is 10.2. The van der Waals surface area contributed by atoms with Crippen molar-refractivity contribution >= 4 is 21.8 Å². The van der Waals surface area contributed by atoms with E-state index < -0.39 is 15.9 Å². The summed E-state index contributed by atoms with van der Waals surface area (Å²) in [7, 11) is -0.822. The molecule has 2 rings (SSSR count). The van der Waals surface area contributed by atoms with Gasteiger partial charge in [-0.25, -0.2) is 12.7 Å². The first-order valence-corrected chi connectivity index (χ1v) is 10.8. The van der Waals surface area contributed by atoms with Gasteiger partial charge >= 0.3 is 0 Å². The molecule has 0 saturated carbocycles. The lowest BCUT2D eigenvalue weighted by Crippen LogP contribution is -2.38. The van der Waals surface area contributed by atoms with Crippen LogP contribution in [0.15, 0.2) is 47.4 Å². The van der Waals surface area contributed by atoms with Gasteiger partial charge in [-0.1, -0.05) is 23.8 Å². The number of ether oxygens (including phenoxy) is 1. The molecular weight excluding hydrogens is 406 g/mol. The van der Waals surface area contributed by atoms with Crippen LogP contribution >= 0.6 is 0 Å². The minimum Gasteiger partial charge on any atom is -0.491 e. The van der Waals surface area contributed by atoms with Gasteiger partial charge in [0.2, 0.25) is 15.9 Å². The summed E-state index contributed by atoms with van der Waals surface area (Å²) in [6.45, 7) is 4.32. The van der Waals surface area contributed by atoms with Crippen LogP contribution < -0.4 is 15.4 Å². The zero-order chi connectivity index (χ0) is 22.3. The van der Waals surface area contributed by atoms with Crippen molar-refractivity contribution in [1.82, 2.24) is 14.9 Å². The number of carbonyl (C=O) groups is 2. The molecule has 30 heavy (non-hydrogen) atoms. The van der Waals surface area contributed by atoms with Gasteiger partial charge in [0.1, 0.15) is 12.4 Å². The molecule has 0 atom stereocenters. The molecule has 9 heteroatoms. The van der Waals surface area contributed by atoms with Crippen molar-refractivity contribution < 1.29 is 22.7 Å². The lowest BCUT2D eigenvalue weighted by Gasteiger charge is -2.12. The molecule has 162 valence electrons. The van der Waals surface area contributed by atoms with Crippen molar-refractivity contribution in [2.75, 3.05) is 33.8 Å². The van der Waals surface area contributed by atoms with Gasteiger partial charge in [-0.05, 0) is 43.7 Å². The Kier molecular flexibility index (Phi) is 7.96. The Bertz CT molecular complexity index is 1020. The number of carbonyl (C=O) groups excluding carboxylic acids is 2. The molecule has 0 spiro atoms. The zero-order valence-electron chi connectivity index (χ0n) is 17.6. The van der Waals surface area contributed by atoms with Crippen LogP contribution in [0.1, 0.15) is 21.5 Å². The first-order chi connectivity index (χ1) is 14.1. The third kappa shape index (κ3) is 6.30. The monoisotopic (exact) mass is 433 g/mol. The fourth-order valence-corrected chi connectivity index (χ4v) is 3.59. The van der Waals surface area contributed by atoms with Crippen molar-refractivity contribution in [3.05, 3.63) is 59.2 Å². The Morgan fingerprint density at radius 2 is 1.77 bits per heavy atom. The molecule has 2 amide bonds. The molecule has 8 nitrogen and oxygen atoms in total. The number of sulfonamides is 1. The Morgan fingerprint density at radius 1 is 1.03 bits per heavy atom. The molecular formula is C21H27N3O5S. The number of hydrogen-bond acceptors (Lipinski definition) is 5. The summed E-state index contributed by atoms with van der Waals surface area (Å²) in [6, 6.07) is 11.5. The Hall–Kier alpha value is -2.91. The Balaban J connectivity index is 1.80. The number of aryl methyl sites for hydroxylation is 2. The molecule has 0 fully saturated rings. The number of amides is 2. The van der Waals surface area contributed by atoms with Gasteiger partial charge in [0.25, 0.3) is 5.91 Å². The van der Waals surface area contributed by atoms with E-state index in [4.69, 9.17) is 4.74 Å². The first kappa shape index (κ1) is 23.4. The van der Waals surface area contributed by atoms with Gasteiger partial charge < -0.3 is 15.4 Å². The average Bonchev–Trinajstić information content (AvgIpc) is 2.70. The zero-order valence-corrected chi connectivity index (χ0v) is 18.4. The Labute approximate surface area is 177 Å². The van der Waals surface area contributed by atoms with Crippen LogP contribution in [0.4, 0.5) is 0 Å². The second-order valence-corrected chi connectivity index (χ2v) is 9.12. The second-order valence-electron chi connectivity index (χ2n) is 6.97. The minimum atomic E-state index is -3.65. The largest absolute Gasteiger partial charge is 0.491 e. The predicted octanol–water partition coefficient (Wildman–Crippen LogP) is 1.48. The van der Waals surface area contributed by atoms with Crippen LogP contribution in [-0.4, -0.2) is 58.3 Å². The number of nitrogens with one attached hydrogen (secondary N) is 2. The van der Waals surface area contributed by atoms with Crippen LogP contribution in [0.3, 0.4) is 0 Å². The topological polar surface area (TPSA) is 105 Å². The third-order valence-corrected chi connectivity index (χ3v) is 6.11. The van der Waals surface area contributed by atoms with Crippen LogP contribution in [-0.2, 0) is 14.8 Å². The highest BCUT2D eigenvalue weighted by molar-refractivity contribution is 7.89. The smallest absolute Gasteiger partial charge is 0.251 e. The number of benzene rings is 2.